The number of rotatable bonds is 4. The first-order chi connectivity index (χ1) is 12.4. The van der Waals surface area contributed by atoms with E-state index in [-0.39, 0.29) is 12.1 Å². The Morgan fingerprint density at radius 1 is 1.31 bits per heavy atom. The molecule has 1 aromatic carbocycles. The van der Waals surface area contributed by atoms with Crippen molar-refractivity contribution < 1.29 is 9.32 Å². The second-order valence-corrected chi connectivity index (χ2v) is 7.25. The zero-order valence-electron chi connectivity index (χ0n) is 15.5. The van der Waals surface area contributed by atoms with Gasteiger partial charge in [0.15, 0.2) is 0 Å². The molecule has 0 aliphatic carbocycles. The minimum Gasteiger partial charge on any atom is -0.368 e. The fourth-order valence-corrected chi connectivity index (χ4v) is 3.48. The van der Waals surface area contributed by atoms with Gasteiger partial charge in [-0.25, -0.2) is 4.79 Å². The van der Waals surface area contributed by atoms with Crippen LogP contribution in [0.2, 0.25) is 5.02 Å². The normalized spacial score (nSPS) is 15.8. The van der Waals surface area contributed by atoms with Gasteiger partial charge >= 0.3 is 6.03 Å². The molecule has 2 aromatic rings. The number of carbonyl (C=O) groups excluding carboxylic acids is 1. The average molecular weight is 377 g/mol. The van der Waals surface area contributed by atoms with E-state index in [9.17, 15) is 4.79 Å². The minimum atomic E-state index is -0.0185. The Morgan fingerprint density at radius 2 is 2.04 bits per heavy atom. The second kappa shape index (κ2) is 7.99. The van der Waals surface area contributed by atoms with Crippen molar-refractivity contribution in [3.63, 3.8) is 0 Å². The summed E-state index contributed by atoms with van der Waals surface area (Å²) in [5, 5.41) is 7.78. The molecule has 0 saturated carbocycles. The molecule has 140 valence electrons. The van der Waals surface area contributed by atoms with E-state index in [2.05, 4.69) is 15.4 Å². The van der Waals surface area contributed by atoms with Crippen LogP contribution in [0.3, 0.4) is 0 Å². The van der Waals surface area contributed by atoms with E-state index in [0.717, 1.165) is 47.2 Å². The molecule has 1 atom stereocenters. The number of nitrogens with one attached hydrogen (secondary N) is 1. The number of urea groups is 1. The maximum atomic E-state index is 12.5. The zero-order valence-corrected chi connectivity index (χ0v) is 16.2. The van der Waals surface area contributed by atoms with Gasteiger partial charge in [-0.3, -0.25) is 0 Å². The molecule has 1 N–H and O–H groups in total. The van der Waals surface area contributed by atoms with Gasteiger partial charge in [-0.05, 0) is 45.4 Å². The summed E-state index contributed by atoms with van der Waals surface area (Å²) in [5.41, 5.74) is 3.06. The molecule has 0 spiro atoms. The standard InChI is InChI=1S/C19H25ClN4O2/c1-13(11-18-14(2)22-26-15(18)3)21-19(25)24-9-7-23(8-10-24)17-6-4-5-16(20)12-17/h4-6,12-13H,7-11H2,1-3H3,(H,21,25). The summed E-state index contributed by atoms with van der Waals surface area (Å²) in [4.78, 5) is 16.7. The Kier molecular flexibility index (Phi) is 5.71. The van der Waals surface area contributed by atoms with Crippen LogP contribution < -0.4 is 10.2 Å². The summed E-state index contributed by atoms with van der Waals surface area (Å²) in [6.07, 6.45) is 0.718. The molecule has 7 heteroatoms. The van der Waals surface area contributed by atoms with Gasteiger partial charge in [-0.1, -0.05) is 22.8 Å². The summed E-state index contributed by atoms with van der Waals surface area (Å²) in [7, 11) is 0. The van der Waals surface area contributed by atoms with Crippen LogP contribution in [-0.2, 0) is 6.42 Å². The summed E-state index contributed by atoms with van der Waals surface area (Å²) in [5.74, 6) is 0.818. The Morgan fingerprint density at radius 3 is 2.65 bits per heavy atom. The van der Waals surface area contributed by atoms with Crippen molar-refractivity contribution in [2.24, 2.45) is 0 Å². The molecule has 1 unspecified atom stereocenters. The van der Waals surface area contributed by atoms with Crippen molar-refractivity contribution in [2.75, 3.05) is 31.1 Å². The Labute approximate surface area is 159 Å². The molecule has 3 rings (SSSR count). The van der Waals surface area contributed by atoms with Crippen LogP contribution in [-0.4, -0.2) is 48.3 Å². The van der Waals surface area contributed by atoms with E-state index in [1.54, 1.807) is 0 Å². The molecular formula is C19H25ClN4O2. The predicted molar refractivity (Wildman–Crippen MR) is 103 cm³/mol. The average Bonchev–Trinajstić information content (AvgIpc) is 2.94. The van der Waals surface area contributed by atoms with Gasteiger partial charge in [0, 0.05) is 48.5 Å². The maximum Gasteiger partial charge on any atom is 0.317 e. The third-order valence-electron chi connectivity index (χ3n) is 4.80. The van der Waals surface area contributed by atoms with Gasteiger partial charge in [0.25, 0.3) is 0 Å². The quantitative estimate of drug-likeness (QED) is 0.888. The number of anilines is 1. The SMILES string of the molecule is Cc1noc(C)c1CC(C)NC(=O)N1CCN(c2cccc(Cl)c2)CC1. The first kappa shape index (κ1) is 18.6. The molecule has 6 nitrogen and oxygen atoms in total. The molecule has 1 saturated heterocycles. The van der Waals surface area contributed by atoms with E-state index in [1.165, 1.54) is 0 Å². The van der Waals surface area contributed by atoms with Gasteiger partial charge in [-0.2, -0.15) is 0 Å². The molecule has 1 aromatic heterocycles. The number of aryl methyl sites for hydroxylation is 2. The maximum absolute atomic E-state index is 12.5. The lowest BCUT2D eigenvalue weighted by atomic mass is 10.1. The summed E-state index contributed by atoms with van der Waals surface area (Å²) in [6, 6.07) is 7.83. The number of nitrogens with zero attached hydrogens (tertiary/aromatic N) is 3. The molecule has 2 heterocycles. The summed E-state index contributed by atoms with van der Waals surface area (Å²) in [6.45, 7) is 8.81. The molecule has 1 aliphatic rings. The Hall–Kier alpha value is -2.21. The van der Waals surface area contributed by atoms with Crippen molar-refractivity contribution in [3.8, 4) is 0 Å². The monoisotopic (exact) mass is 376 g/mol. The molecule has 26 heavy (non-hydrogen) atoms. The predicted octanol–water partition coefficient (Wildman–Crippen LogP) is 3.41. The number of amides is 2. The summed E-state index contributed by atoms with van der Waals surface area (Å²) < 4.78 is 5.19. The topological polar surface area (TPSA) is 61.6 Å². The number of benzene rings is 1. The van der Waals surface area contributed by atoms with Crippen molar-refractivity contribution in [1.29, 1.82) is 0 Å². The van der Waals surface area contributed by atoms with Crippen molar-refractivity contribution in [2.45, 2.75) is 33.2 Å². The van der Waals surface area contributed by atoms with Gasteiger partial charge in [0.1, 0.15) is 5.76 Å². The van der Waals surface area contributed by atoms with E-state index >= 15 is 0 Å². The number of carbonyl (C=O) groups is 1. The molecule has 0 bridgehead atoms. The fraction of sp³-hybridized carbons (Fsp3) is 0.474. The number of aromatic nitrogens is 1. The molecule has 2 amide bonds. The minimum absolute atomic E-state index is 0.0185. The molecule has 1 fully saturated rings. The summed E-state index contributed by atoms with van der Waals surface area (Å²) >= 11 is 6.07. The first-order valence-electron chi connectivity index (χ1n) is 8.91. The Bertz CT molecular complexity index is 749. The van der Waals surface area contributed by atoms with Crippen molar-refractivity contribution >= 4 is 23.3 Å². The van der Waals surface area contributed by atoms with Crippen LogP contribution in [0.4, 0.5) is 10.5 Å². The van der Waals surface area contributed by atoms with E-state index in [4.69, 9.17) is 16.1 Å². The first-order valence-corrected chi connectivity index (χ1v) is 9.29. The number of hydrogen-bond acceptors (Lipinski definition) is 4. The van der Waals surface area contributed by atoms with Crippen LogP contribution in [0, 0.1) is 13.8 Å². The number of hydrogen-bond donors (Lipinski definition) is 1. The third kappa shape index (κ3) is 4.30. The van der Waals surface area contributed by atoms with Crippen LogP contribution in [0.1, 0.15) is 23.9 Å². The zero-order chi connectivity index (χ0) is 18.7. The Balaban J connectivity index is 1.50. The van der Waals surface area contributed by atoms with E-state index < -0.39 is 0 Å². The van der Waals surface area contributed by atoms with Crippen molar-refractivity contribution in [1.82, 2.24) is 15.4 Å². The smallest absolute Gasteiger partial charge is 0.317 e. The second-order valence-electron chi connectivity index (χ2n) is 6.81. The van der Waals surface area contributed by atoms with Crippen LogP contribution >= 0.6 is 11.6 Å². The van der Waals surface area contributed by atoms with Gasteiger partial charge in [-0.15, -0.1) is 0 Å². The number of piperazine rings is 1. The van der Waals surface area contributed by atoms with Gasteiger partial charge < -0.3 is 19.6 Å². The van der Waals surface area contributed by atoms with E-state index in [1.807, 2.05) is 49.9 Å². The molecule has 0 radical (unpaired) electrons. The fourth-order valence-electron chi connectivity index (χ4n) is 3.29. The molecular weight excluding hydrogens is 352 g/mol. The van der Waals surface area contributed by atoms with E-state index in [0.29, 0.717) is 13.1 Å². The lowest BCUT2D eigenvalue weighted by Gasteiger charge is -2.36. The largest absolute Gasteiger partial charge is 0.368 e. The van der Waals surface area contributed by atoms with Crippen LogP contribution in [0.25, 0.3) is 0 Å². The highest BCUT2D eigenvalue weighted by atomic mass is 35.5. The lowest BCUT2D eigenvalue weighted by Crippen LogP contribution is -2.53. The van der Waals surface area contributed by atoms with Crippen LogP contribution in [0.15, 0.2) is 28.8 Å². The lowest BCUT2D eigenvalue weighted by molar-refractivity contribution is 0.191. The van der Waals surface area contributed by atoms with Gasteiger partial charge in [0.2, 0.25) is 0 Å². The number of halogens is 1. The highest BCUT2D eigenvalue weighted by molar-refractivity contribution is 6.30. The van der Waals surface area contributed by atoms with Gasteiger partial charge in [0.05, 0.1) is 5.69 Å². The molecule has 1 aliphatic heterocycles. The van der Waals surface area contributed by atoms with Crippen molar-refractivity contribution in [3.05, 3.63) is 46.3 Å². The van der Waals surface area contributed by atoms with Crippen LogP contribution in [0.5, 0.6) is 0 Å². The highest BCUT2D eigenvalue weighted by Gasteiger charge is 2.23. The highest BCUT2D eigenvalue weighted by Crippen LogP contribution is 2.21. The third-order valence-corrected chi connectivity index (χ3v) is 5.04.